The lowest BCUT2D eigenvalue weighted by molar-refractivity contribution is -0.146. The molecule has 7 heteroatoms. The van der Waals surface area contributed by atoms with Gasteiger partial charge in [-0.2, -0.15) is 0 Å². The van der Waals surface area contributed by atoms with Gasteiger partial charge in [-0.1, -0.05) is 53.7 Å². The number of hydrogen-bond acceptors (Lipinski definition) is 6. The van der Waals surface area contributed by atoms with Gasteiger partial charge in [0.05, 0.1) is 18.6 Å². The van der Waals surface area contributed by atoms with E-state index in [1.54, 1.807) is 11.8 Å². The molecule has 2 aromatic carbocycles. The standard InChI is InChI=1S/C28H30N2O5/c1-4-33-26(31)28(16-17-28)22-12-10-20(11-13-22)19-6-8-21(9-7-19)25-24(18(3)29-35-25)30(23-14-15-23)27(32)34-5-2/h6-13,23H,4-5,14-17H2,1-3H3. The van der Waals surface area contributed by atoms with Crippen LogP contribution in [-0.4, -0.2) is 36.5 Å². The minimum Gasteiger partial charge on any atom is -0.465 e. The molecule has 182 valence electrons. The molecule has 1 heterocycles. The SMILES string of the molecule is CCOC(=O)N(c1c(C)noc1-c1ccc(-c2ccc(C3(C(=O)OCC)CC3)cc2)cc1)C1CC1. The Morgan fingerprint density at radius 3 is 2.06 bits per heavy atom. The van der Waals surface area contributed by atoms with Crippen molar-refractivity contribution in [1.82, 2.24) is 5.16 Å². The number of ether oxygens (including phenoxy) is 2. The number of anilines is 1. The molecule has 0 atom stereocenters. The fraction of sp³-hybridized carbons (Fsp3) is 0.393. The van der Waals surface area contributed by atoms with Crippen LogP contribution in [0.4, 0.5) is 10.5 Å². The minimum absolute atomic E-state index is 0.119. The first kappa shape index (κ1) is 23.1. The van der Waals surface area contributed by atoms with E-state index < -0.39 is 5.41 Å². The van der Waals surface area contributed by atoms with Gasteiger partial charge in [-0.3, -0.25) is 9.69 Å². The number of hydrogen-bond donors (Lipinski definition) is 0. The van der Waals surface area contributed by atoms with Crippen molar-refractivity contribution in [1.29, 1.82) is 0 Å². The Balaban J connectivity index is 1.39. The number of nitrogens with zero attached hydrogens (tertiary/aromatic N) is 2. The third kappa shape index (κ3) is 4.31. The molecule has 2 fully saturated rings. The third-order valence-electron chi connectivity index (χ3n) is 6.78. The molecule has 0 radical (unpaired) electrons. The number of carbonyl (C=O) groups excluding carboxylic acids is 2. The van der Waals surface area contributed by atoms with Crippen molar-refractivity contribution >= 4 is 17.7 Å². The minimum atomic E-state index is -0.467. The molecule has 3 aromatic rings. The van der Waals surface area contributed by atoms with Crippen LogP contribution >= 0.6 is 0 Å². The summed E-state index contributed by atoms with van der Waals surface area (Å²) in [5.74, 6) is 0.438. The van der Waals surface area contributed by atoms with Gasteiger partial charge in [0.1, 0.15) is 11.4 Å². The first-order chi connectivity index (χ1) is 17.0. The lowest BCUT2D eigenvalue weighted by Crippen LogP contribution is -2.34. The Bertz CT molecular complexity index is 1220. The summed E-state index contributed by atoms with van der Waals surface area (Å²) in [4.78, 5) is 26.8. The summed E-state index contributed by atoms with van der Waals surface area (Å²) in [6.45, 7) is 6.20. The lowest BCUT2D eigenvalue weighted by atomic mass is 9.93. The summed E-state index contributed by atoms with van der Waals surface area (Å²) < 4.78 is 16.3. The lowest BCUT2D eigenvalue weighted by Gasteiger charge is -2.21. The highest BCUT2D eigenvalue weighted by molar-refractivity contribution is 5.94. The highest BCUT2D eigenvalue weighted by Crippen LogP contribution is 2.49. The molecule has 0 unspecified atom stereocenters. The topological polar surface area (TPSA) is 81.9 Å². The Morgan fingerprint density at radius 1 is 0.943 bits per heavy atom. The number of aryl methyl sites for hydroxylation is 1. The second-order valence-corrected chi connectivity index (χ2v) is 9.20. The average Bonchev–Trinajstić information content (AvgIpc) is 3.79. The van der Waals surface area contributed by atoms with Crippen molar-refractivity contribution in [3.63, 3.8) is 0 Å². The van der Waals surface area contributed by atoms with E-state index in [0.717, 1.165) is 47.9 Å². The first-order valence-electron chi connectivity index (χ1n) is 12.3. The zero-order valence-electron chi connectivity index (χ0n) is 20.4. The van der Waals surface area contributed by atoms with E-state index in [1.807, 2.05) is 62.4 Å². The Labute approximate surface area is 205 Å². The molecule has 5 rings (SSSR count). The predicted molar refractivity (Wildman–Crippen MR) is 132 cm³/mol. The molecule has 0 aliphatic heterocycles. The highest BCUT2D eigenvalue weighted by atomic mass is 16.6. The van der Waals surface area contributed by atoms with Crippen molar-refractivity contribution in [2.45, 2.75) is 57.9 Å². The molecule has 2 saturated carbocycles. The van der Waals surface area contributed by atoms with Crippen LogP contribution in [0, 0.1) is 6.92 Å². The van der Waals surface area contributed by atoms with E-state index in [0.29, 0.717) is 30.4 Å². The number of esters is 1. The van der Waals surface area contributed by atoms with Crippen LogP contribution in [0.25, 0.3) is 22.5 Å². The van der Waals surface area contributed by atoms with E-state index in [-0.39, 0.29) is 18.1 Å². The van der Waals surface area contributed by atoms with Crippen molar-refractivity contribution in [2.75, 3.05) is 18.1 Å². The molecular weight excluding hydrogens is 444 g/mol. The zero-order valence-corrected chi connectivity index (χ0v) is 20.4. The largest absolute Gasteiger partial charge is 0.465 e. The van der Waals surface area contributed by atoms with Crippen molar-refractivity contribution in [2.24, 2.45) is 0 Å². The maximum absolute atomic E-state index is 12.7. The van der Waals surface area contributed by atoms with Gasteiger partial charge in [0, 0.05) is 11.6 Å². The summed E-state index contributed by atoms with van der Waals surface area (Å²) in [5, 5.41) is 4.15. The van der Waals surface area contributed by atoms with Crippen molar-refractivity contribution in [3.8, 4) is 22.5 Å². The van der Waals surface area contributed by atoms with Gasteiger partial charge in [0.15, 0.2) is 5.76 Å². The molecule has 0 saturated heterocycles. The molecular formula is C28H30N2O5. The van der Waals surface area contributed by atoms with Crippen molar-refractivity contribution < 1.29 is 23.6 Å². The maximum Gasteiger partial charge on any atom is 0.414 e. The number of rotatable bonds is 8. The van der Waals surface area contributed by atoms with Crippen LogP contribution in [0.3, 0.4) is 0 Å². The summed E-state index contributed by atoms with van der Waals surface area (Å²) in [5.41, 5.74) is 4.83. The maximum atomic E-state index is 12.7. The summed E-state index contributed by atoms with van der Waals surface area (Å²) in [6, 6.07) is 16.3. The van der Waals surface area contributed by atoms with Gasteiger partial charge in [0.25, 0.3) is 0 Å². The van der Waals surface area contributed by atoms with Gasteiger partial charge in [-0.15, -0.1) is 0 Å². The van der Waals surface area contributed by atoms with E-state index in [9.17, 15) is 9.59 Å². The number of aromatic nitrogens is 1. The van der Waals surface area contributed by atoms with E-state index in [4.69, 9.17) is 14.0 Å². The molecule has 2 aliphatic rings. The quantitative estimate of drug-likeness (QED) is 0.370. The summed E-state index contributed by atoms with van der Waals surface area (Å²) in [7, 11) is 0. The first-order valence-corrected chi connectivity index (χ1v) is 12.3. The molecule has 7 nitrogen and oxygen atoms in total. The fourth-order valence-electron chi connectivity index (χ4n) is 4.59. The van der Waals surface area contributed by atoms with Gasteiger partial charge < -0.3 is 14.0 Å². The summed E-state index contributed by atoms with van der Waals surface area (Å²) >= 11 is 0. The highest BCUT2D eigenvalue weighted by Gasteiger charge is 2.52. The molecule has 2 aliphatic carbocycles. The van der Waals surface area contributed by atoms with E-state index in [2.05, 4.69) is 5.16 Å². The number of benzene rings is 2. The smallest absolute Gasteiger partial charge is 0.414 e. The predicted octanol–water partition coefficient (Wildman–Crippen LogP) is 6.04. The van der Waals surface area contributed by atoms with Gasteiger partial charge in [-0.25, -0.2) is 4.79 Å². The third-order valence-corrected chi connectivity index (χ3v) is 6.78. The number of amides is 1. The van der Waals surface area contributed by atoms with Crippen LogP contribution in [0.5, 0.6) is 0 Å². The second-order valence-electron chi connectivity index (χ2n) is 9.20. The zero-order chi connectivity index (χ0) is 24.6. The second kappa shape index (κ2) is 9.21. The van der Waals surface area contributed by atoms with Crippen LogP contribution in [0.2, 0.25) is 0 Å². The van der Waals surface area contributed by atoms with Crippen LogP contribution in [0.1, 0.15) is 50.8 Å². The van der Waals surface area contributed by atoms with E-state index in [1.165, 1.54) is 0 Å². The molecule has 1 aromatic heterocycles. The Kier molecular flexibility index (Phi) is 6.09. The average molecular weight is 475 g/mol. The van der Waals surface area contributed by atoms with Crippen molar-refractivity contribution in [3.05, 3.63) is 59.8 Å². The molecule has 0 spiro atoms. The monoisotopic (exact) mass is 474 g/mol. The molecule has 1 amide bonds. The number of carbonyl (C=O) groups is 2. The normalized spacial score (nSPS) is 16.0. The Hall–Kier alpha value is -3.61. The summed E-state index contributed by atoms with van der Waals surface area (Å²) in [6.07, 6.45) is 3.19. The Morgan fingerprint density at radius 2 is 1.51 bits per heavy atom. The van der Waals surface area contributed by atoms with Crippen LogP contribution < -0.4 is 4.90 Å². The molecule has 35 heavy (non-hydrogen) atoms. The van der Waals surface area contributed by atoms with Gasteiger partial charge >= 0.3 is 12.1 Å². The molecule has 0 bridgehead atoms. The van der Waals surface area contributed by atoms with E-state index >= 15 is 0 Å². The van der Waals surface area contributed by atoms with Gasteiger partial charge in [-0.05, 0) is 63.1 Å². The molecule has 0 N–H and O–H groups in total. The fourth-order valence-corrected chi connectivity index (χ4v) is 4.59. The van der Waals surface area contributed by atoms with Crippen LogP contribution in [-0.2, 0) is 19.7 Å². The van der Waals surface area contributed by atoms with Gasteiger partial charge in [0.2, 0.25) is 0 Å². The van der Waals surface area contributed by atoms with Crippen LogP contribution in [0.15, 0.2) is 53.1 Å².